The van der Waals surface area contributed by atoms with E-state index in [1.54, 1.807) is 0 Å². The quantitative estimate of drug-likeness (QED) is 0.442. The zero-order valence-corrected chi connectivity index (χ0v) is 10.8. The molecule has 0 heterocycles. The Labute approximate surface area is 106 Å². The second-order valence-electron chi connectivity index (χ2n) is 5.01. The lowest BCUT2D eigenvalue weighted by Crippen LogP contribution is -2.46. The molecule has 0 spiro atoms. The summed E-state index contributed by atoms with van der Waals surface area (Å²) in [5.74, 6) is 4.20. The van der Waals surface area contributed by atoms with E-state index < -0.39 is 12.1 Å². The van der Waals surface area contributed by atoms with E-state index in [1.807, 2.05) is 6.92 Å². The molecule has 0 aliphatic heterocycles. The minimum atomic E-state index is -4.08. The van der Waals surface area contributed by atoms with Crippen molar-refractivity contribution < 1.29 is 17.9 Å². The van der Waals surface area contributed by atoms with Gasteiger partial charge in [0.25, 0.3) is 0 Å². The average Bonchev–Trinajstić information content (AvgIpc) is 2.34. The minimum Gasteiger partial charge on any atom is -0.380 e. The fraction of sp³-hybridized carbons (Fsp3) is 1.00. The van der Waals surface area contributed by atoms with Crippen molar-refractivity contribution in [3.05, 3.63) is 0 Å². The molecule has 3 unspecified atom stereocenters. The Morgan fingerprint density at radius 1 is 1.39 bits per heavy atom. The van der Waals surface area contributed by atoms with Gasteiger partial charge < -0.3 is 4.74 Å². The van der Waals surface area contributed by atoms with Gasteiger partial charge in [-0.1, -0.05) is 13.3 Å². The average molecular weight is 268 g/mol. The standard InChI is InChI=1S/C12H23F3N2O/c1-2-6-18-8-11(17-16)9-4-3-5-10(7-9)12(13,14)15/h9-11,17H,2-8,16H2,1H3. The molecule has 0 saturated heterocycles. The summed E-state index contributed by atoms with van der Waals surface area (Å²) >= 11 is 0. The van der Waals surface area contributed by atoms with Crippen molar-refractivity contribution in [3.63, 3.8) is 0 Å². The maximum Gasteiger partial charge on any atom is 0.391 e. The number of nitrogens with two attached hydrogens (primary N) is 1. The molecular weight excluding hydrogens is 245 g/mol. The van der Waals surface area contributed by atoms with E-state index in [9.17, 15) is 13.2 Å². The van der Waals surface area contributed by atoms with Gasteiger partial charge in [0, 0.05) is 12.6 Å². The summed E-state index contributed by atoms with van der Waals surface area (Å²) in [6, 6.07) is -0.179. The van der Waals surface area contributed by atoms with Gasteiger partial charge in [-0.25, -0.2) is 0 Å². The Hall–Kier alpha value is -0.330. The van der Waals surface area contributed by atoms with E-state index in [0.29, 0.717) is 19.6 Å². The van der Waals surface area contributed by atoms with Crippen LogP contribution >= 0.6 is 0 Å². The van der Waals surface area contributed by atoms with Crippen molar-refractivity contribution in [3.8, 4) is 0 Å². The van der Waals surface area contributed by atoms with Gasteiger partial charge >= 0.3 is 6.18 Å². The van der Waals surface area contributed by atoms with Gasteiger partial charge in [-0.2, -0.15) is 13.2 Å². The second-order valence-corrected chi connectivity index (χ2v) is 5.01. The zero-order valence-electron chi connectivity index (χ0n) is 10.8. The van der Waals surface area contributed by atoms with Gasteiger partial charge in [0.1, 0.15) is 0 Å². The van der Waals surface area contributed by atoms with Crippen LogP contribution in [-0.2, 0) is 4.74 Å². The zero-order chi connectivity index (χ0) is 13.6. The molecule has 3 nitrogen and oxygen atoms in total. The van der Waals surface area contributed by atoms with Gasteiger partial charge in [-0.3, -0.25) is 11.3 Å². The molecule has 18 heavy (non-hydrogen) atoms. The number of ether oxygens (including phenoxy) is 1. The molecule has 3 atom stereocenters. The van der Waals surface area contributed by atoms with E-state index in [0.717, 1.165) is 12.8 Å². The number of halogens is 3. The van der Waals surface area contributed by atoms with E-state index in [-0.39, 0.29) is 24.8 Å². The summed E-state index contributed by atoms with van der Waals surface area (Å²) in [4.78, 5) is 0. The first-order valence-electron chi connectivity index (χ1n) is 6.59. The highest BCUT2D eigenvalue weighted by atomic mass is 19.4. The molecule has 0 radical (unpaired) electrons. The molecule has 6 heteroatoms. The monoisotopic (exact) mass is 268 g/mol. The van der Waals surface area contributed by atoms with Crippen LogP contribution in [0.25, 0.3) is 0 Å². The van der Waals surface area contributed by atoms with Crippen LogP contribution in [-0.4, -0.2) is 25.4 Å². The third kappa shape index (κ3) is 4.74. The molecule has 1 rings (SSSR count). The van der Waals surface area contributed by atoms with Gasteiger partial charge in [0.2, 0.25) is 0 Å². The van der Waals surface area contributed by atoms with E-state index >= 15 is 0 Å². The predicted molar refractivity (Wildman–Crippen MR) is 63.7 cm³/mol. The topological polar surface area (TPSA) is 47.3 Å². The largest absolute Gasteiger partial charge is 0.391 e. The van der Waals surface area contributed by atoms with Crippen molar-refractivity contribution in [2.45, 2.75) is 51.2 Å². The van der Waals surface area contributed by atoms with Crippen molar-refractivity contribution in [1.29, 1.82) is 0 Å². The molecule has 1 aliphatic rings. The third-order valence-electron chi connectivity index (χ3n) is 3.61. The number of rotatable bonds is 6. The summed E-state index contributed by atoms with van der Waals surface area (Å²) in [5.41, 5.74) is 2.61. The first kappa shape index (κ1) is 15.7. The number of hydrogen-bond acceptors (Lipinski definition) is 3. The third-order valence-corrected chi connectivity index (χ3v) is 3.61. The molecule has 0 amide bonds. The Bertz CT molecular complexity index is 236. The van der Waals surface area contributed by atoms with Crippen LogP contribution in [0.5, 0.6) is 0 Å². The summed E-state index contributed by atoms with van der Waals surface area (Å²) in [7, 11) is 0. The molecule has 1 aliphatic carbocycles. The molecule has 3 N–H and O–H groups in total. The number of hydrogen-bond donors (Lipinski definition) is 2. The highest BCUT2D eigenvalue weighted by Gasteiger charge is 2.43. The minimum absolute atomic E-state index is 0.0489. The lowest BCUT2D eigenvalue weighted by molar-refractivity contribution is -0.187. The molecule has 1 saturated carbocycles. The second kappa shape index (κ2) is 7.31. The molecule has 0 bridgehead atoms. The summed E-state index contributed by atoms with van der Waals surface area (Å²) in [6.07, 6.45) is -1.38. The summed E-state index contributed by atoms with van der Waals surface area (Å²) in [5, 5.41) is 0. The van der Waals surface area contributed by atoms with Gasteiger partial charge in [-0.15, -0.1) is 0 Å². The Kier molecular flexibility index (Phi) is 6.38. The highest BCUT2D eigenvalue weighted by Crippen LogP contribution is 2.40. The van der Waals surface area contributed by atoms with Crippen LogP contribution in [0.4, 0.5) is 13.2 Å². The van der Waals surface area contributed by atoms with Crippen molar-refractivity contribution in [2.24, 2.45) is 17.7 Å². The normalized spacial score (nSPS) is 27.2. The van der Waals surface area contributed by atoms with Crippen LogP contribution in [0.3, 0.4) is 0 Å². The molecule has 0 aromatic carbocycles. The van der Waals surface area contributed by atoms with Crippen LogP contribution in [0.1, 0.15) is 39.0 Å². The van der Waals surface area contributed by atoms with Crippen molar-refractivity contribution in [1.82, 2.24) is 5.43 Å². The lowest BCUT2D eigenvalue weighted by atomic mass is 9.78. The van der Waals surface area contributed by atoms with Gasteiger partial charge in [0.15, 0.2) is 0 Å². The van der Waals surface area contributed by atoms with E-state index in [1.165, 1.54) is 0 Å². The Morgan fingerprint density at radius 3 is 2.67 bits per heavy atom. The molecular formula is C12H23F3N2O. The van der Waals surface area contributed by atoms with E-state index in [2.05, 4.69) is 5.43 Å². The first-order chi connectivity index (χ1) is 8.49. The Morgan fingerprint density at radius 2 is 2.11 bits per heavy atom. The number of hydrazine groups is 1. The van der Waals surface area contributed by atoms with Crippen LogP contribution in [0, 0.1) is 11.8 Å². The van der Waals surface area contributed by atoms with Gasteiger partial charge in [0.05, 0.1) is 12.5 Å². The number of alkyl halides is 3. The van der Waals surface area contributed by atoms with Crippen LogP contribution in [0.15, 0.2) is 0 Å². The molecule has 1 fully saturated rings. The van der Waals surface area contributed by atoms with Crippen molar-refractivity contribution in [2.75, 3.05) is 13.2 Å². The van der Waals surface area contributed by atoms with Crippen LogP contribution < -0.4 is 11.3 Å². The maximum absolute atomic E-state index is 12.7. The summed E-state index contributed by atoms with van der Waals surface area (Å²) < 4.78 is 43.5. The van der Waals surface area contributed by atoms with Crippen molar-refractivity contribution >= 4 is 0 Å². The lowest BCUT2D eigenvalue weighted by Gasteiger charge is -2.34. The molecule has 108 valence electrons. The SMILES string of the molecule is CCCOCC(NN)C1CCCC(C(F)(F)F)C1. The Balaban J connectivity index is 2.47. The fourth-order valence-electron chi connectivity index (χ4n) is 2.57. The smallest absolute Gasteiger partial charge is 0.380 e. The first-order valence-corrected chi connectivity index (χ1v) is 6.59. The van der Waals surface area contributed by atoms with Crippen LogP contribution in [0.2, 0.25) is 0 Å². The highest BCUT2D eigenvalue weighted by molar-refractivity contribution is 4.84. The van der Waals surface area contributed by atoms with E-state index in [4.69, 9.17) is 10.6 Å². The summed E-state index contributed by atoms with van der Waals surface area (Å²) in [6.45, 7) is 3.00. The number of nitrogens with one attached hydrogen (secondary N) is 1. The molecule has 0 aromatic heterocycles. The fourth-order valence-corrected chi connectivity index (χ4v) is 2.57. The van der Waals surface area contributed by atoms with Gasteiger partial charge in [-0.05, 0) is 31.6 Å². The molecule has 0 aromatic rings. The predicted octanol–water partition coefficient (Wildman–Crippen LogP) is 2.61. The maximum atomic E-state index is 12.7.